The summed E-state index contributed by atoms with van der Waals surface area (Å²) in [5.41, 5.74) is 1.33. The third kappa shape index (κ3) is 3.82. The van der Waals surface area contributed by atoms with Crippen LogP contribution in [0.2, 0.25) is 0 Å². The maximum atomic E-state index is 11.6. The van der Waals surface area contributed by atoms with Crippen molar-refractivity contribution in [2.75, 3.05) is 0 Å². The molecule has 0 amide bonds. The van der Waals surface area contributed by atoms with Crippen LogP contribution in [0.5, 0.6) is 0 Å². The quantitative estimate of drug-likeness (QED) is 0.658. The van der Waals surface area contributed by atoms with Gasteiger partial charge in [-0.2, -0.15) is 8.42 Å². The van der Waals surface area contributed by atoms with Gasteiger partial charge in [0, 0.05) is 11.1 Å². The predicted octanol–water partition coefficient (Wildman–Crippen LogP) is 0.0998. The standard InChI is InChI=1S/C14H8O2.H2O4S/c15-13-5-1-3-9-7-12-10(8-11(9)13)4-2-6-14(12)16;1-5(2,3)4/h1-8H;(H2,1,2,3,4). The van der Waals surface area contributed by atoms with Crippen molar-refractivity contribution >= 4 is 34.1 Å². The number of carbonyl (C=O) groups is 2. The molecule has 2 N–H and O–H groups in total. The van der Waals surface area contributed by atoms with Crippen molar-refractivity contribution in [1.82, 2.24) is 0 Å². The van der Waals surface area contributed by atoms with Gasteiger partial charge in [-0.3, -0.25) is 18.7 Å². The van der Waals surface area contributed by atoms with Crippen LogP contribution in [0.15, 0.2) is 36.4 Å². The van der Waals surface area contributed by atoms with E-state index in [1.807, 2.05) is 12.2 Å². The number of fused-ring (bicyclic) bond motifs is 2. The Morgan fingerprint density at radius 3 is 1.43 bits per heavy atom. The molecule has 0 aromatic heterocycles. The maximum Gasteiger partial charge on any atom is 0.394 e. The number of benzene rings is 1. The highest BCUT2D eigenvalue weighted by atomic mass is 32.3. The molecule has 3 rings (SSSR count). The summed E-state index contributed by atoms with van der Waals surface area (Å²) in [5.74, 6) is -0.00796. The Morgan fingerprint density at radius 2 is 1.10 bits per heavy atom. The maximum absolute atomic E-state index is 11.6. The third-order valence-electron chi connectivity index (χ3n) is 2.80. The molecular formula is C14H10O6S. The van der Waals surface area contributed by atoms with Gasteiger partial charge in [0.05, 0.1) is 0 Å². The number of hydrogen-bond acceptors (Lipinski definition) is 4. The second-order valence-corrected chi connectivity index (χ2v) is 5.15. The summed E-state index contributed by atoms with van der Waals surface area (Å²) in [5, 5.41) is 1.65. The smallest absolute Gasteiger partial charge is 0.289 e. The largest absolute Gasteiger partial charge is 0.394 e. The Labute approximate surface area is 120 Å². The van der Waals surface area contributed by atoms with Crippen LogP contribution in [0.4, 0.5) is 0 Å². The molecule has 0 saturated carbocycles. The molecule has 1 aromatic carbocycles. The minimum Gasteiger partial charge on any atom is -0.289 e. The molecule has 6 nitrogen and oxygen atoms in total. The van der Waals surface area contributed by atoms with E-state index in [9.17, 15) is 9.59 Å². The molecule has 2 aliphatic carbocycles. The van der Waals surface area contributed by atoms with Crippen LogP contribution in [0, 0.1) is 0 Å². The van der Waals surface area contributed by atoms with Gasteiger partial charge in [0.2, 0.25) is 0 Å². The zero-order chi connectivity index (χ0) is 15.6. The van der Waals surface area contributed by atoms with Gasteiger partial charge in [-0.1, -0.05) is 24.3 Å². The molecule has 1 aromatic rings. The van der Waals surface area contributed by atoms with E-state index in [4.69, 9.17) is 17.5 Å². The van der Waals surface area contributed by atoms with Crippen LogP contribution in [0.1, 0.15) is 20.7 Å². The highest BCUT2D eigenvalue weighted by Gasteiger charge is 2.13. The molecule has 7 heteroatoms. The van der Waals surface area contributed by atoms with E-state index < -0.39 is 10.4 Å². The Bertz CT molecular complexity index is 834. The van der Waals surface area contributed by atoms with Crippen molar-refractivity contribution in [3.63, 3.8) is 0 Å². The van der Waals surface area contributed by atoms with Gasteiger partial charge in [0.1, 0.15) is 0 Å². The first-order valence-corrected chi connectivity index (χ1v) is 7.15. The van der Waals surface area contributed by atoms with Crippen molar-refractivity contribution in [3.8, 4) is 0 Å². The Balaban J connectivity index is 0.000000282. The van der Waals surface area contributed by atoms with Gasteiger partial charge in [-0.25, -0.2) is 0 Å². The number of hydrogen-bond donors (Lipinski definition) is 2. The van der Waals surface area contributed by atoms with E-state index in [2.05, 4.69) is 0 Å². The summed E-state index contributed by atoms with van der Waals surface area (Å²) in [6.07, 6.45) is 10.2. The molecule has 0 atom stereocenters. The van der Waals surface area contributed by atoms with Crippen molar-refractivity contribution in [2.24, 2.45) is 0 Å². The summed E-state index contributed by atoms with van der Waals surface area (Å²) < 4.78 is 31.6. The molecule has 0 saturated heterocycles. The molecule has 0 spiro atoms. The summed E-state index contributed by atoms with van der Waals surface area (Å²) >= 11 is 0. The SMILES string of the molecule is O=C1C=CC=c2cc3c(cc21)=CC=CC3=O.O=S(=O)(O)O. The number of rotatable bonds is 0. The van der Waals surface area contributed by atoms with Crippen LogP contribution in [0.3, 0.4) is 0 Å². The van der Waals surface area contributed by atoms with Crippen LogP contribution < -0.4 is 10.4 Å². The van der Waals surface area contributed by atoms with E-state index in [1.54, 1.807) is 24.3 Å². The second kappa shape index (κ2) is 5.57. The molecular weight excluding hydrogens is 296 g/mol. The van der Waals surface area contributed by atoms with Crippen molar-refractivity contribution < 1.29 is 27.1 Å². The highest BCUT2D eigenvalue weighted by molar-refractivity contribution is 7.79. The van der Waals surface area contributed by atoms with Crippen molar-refractivity contribution in [1.29, 1.82) is 0 Å². The van der Waals surface area contributed by atoms with Gasteiger partial charge in [-0.05, 0) is 34.7 Å². The van der Waals surface area contributed by atoms with Crippen LogP contribution in [0.25, 0.3) is 12.2 Å². The number of allylic oxidation sites excluding steroid dienone is 4. The van der Waals surface area contributed by atoms with E-state index in [-0.39, 0.29) is 11.6 Å². The average Bonchev–Trinajstić information content (AvgIpc) is 2.36. The van der Waals surface area contributed by atoms with Gasteiger partial charge >= 0.3 is 10.4 Å². The van der Waals surface area contributed by atoms with Gasteiger partial charge in [0.15, 0.2) is 11.6 Å². The predicted molar refractivity (Wildman–Crippen MR) is 75.7 cm³/mol. The fourth-order valence-corrected chi connectivity index (χ4v) is 1.99. The fraction of sp³-hybridized carbons (Fsp3) is 0. The zero-order valence-corrected chi connectivity index (χ0v) is 11.4. The lowest BCUT2D eigenvalue weighted by molar-refractivity contribution is 0.103. The lowest BCUT2D eigenvalue weighted by atomic mass is 9.95. The topological polar surface area (TPSA) is 109 Å². The van der Waals surface area contributed by atoms with Crippen molar-refractivity contribution in [2.45, 2.75) is 0 Å². The van der Waals surface area contributed by atoms with E-state index in [0.717, 1.165) is 10.4 Å². The van der Waals surface area contributed by atoms with E-state index in [1.165, 1.54) is 12.2 Å². The molecule has 108 valence electrons. The van der Waals surface area contributed by atoms with Gasteiger partial charge < -0.3 is 0 Å². The average molecular weight is 306 g/mol. The summed E-state index contributed by atoms with van der Waals surface area (Å²) in [7, 11) is -4.67. The Morgan fingerprint density at radius 1 is 0.762 bits per heavy atom. The minimum atomic E-state index is -4.67. The molecule has 21 heavy (non-hydrogen) atoms. The van der Waals surface area contributed by atoms with Crippen LogP contribution in [-0.2, 0) is 10.4 Å². The third-order valence-corrected chi connectivity index (χ3v) is 2.80. The molecule has 0 fully saturated rings. The van der Waals surface area contributed by atoms with Gasteiger partial charge in [0.25, 0.3) is 0 Å². The first-order valence-electron chi connectivity index (χ1n) is 5.75. The lowest BCUT2D eigenvalue weighted by Crippen LogP contribution is -2.26. The molecule has 0 heterocycles. The summed E-state index contributed by atoms with van der Waals surface area (Å²) in [4.78, 5) is 23.3. The van der Waals surface area contributed by atoms with Crippen LogP contribution in [-0.4, -0.2) is 29.1 Å². The Hall–Kier alpha value is -2.35. The highest BCUT2D eigenvalue weighted by Crippen LogP contribution is 2.04. The minimum absolute atomic E-state index is 0.00398. The first kappa shape index (κ1) is 15.0. The first-order chi connectivity index (χ1) is 9.75. The van der Waals surface area contributed by atoms with Gasteiger partial charge in [-0.15, -0.1) is 0 Å². The van der Waals surface area contributed by atoms with Crippen molar-refractivity contribution in [3.05, 3.63) is 58.0 Å². The molecule has 0 bridgehead atoms. The van der Waals surface area contributed by atoms with Crippen LogP contribution >= 0.6 is 0 Å². The summed E-state index contributed by atoms with van der Waals surface area (Å²) in [6, 6.07) is 3.57. The molecule has 0 unspecified atom stereocenters. The molecule has 2 aliphatic rings. The van der Waals surface area contributed by atoms with E-state index in [0.29, 0.717) is 11.1 Å². The number of ketones is 2. The molecule has 0 radical (unpaired) electrons. The fourth-order valence-electron chi connectivity index (χ4n) is 1.99. The monoisotopic (exact) mass is 306 g/mol. The number of carbonyl (C=O) groups excluding carboxylic acids is 2. The summed E-state index contributed by atoms with van der Waals surface area (Å²) in [6.45, 7) is 0. The Kier molecular flexibility index (Phi) is 3.99. The second-order valence-electron chi connectivity index (χ2n) is 4.25. The van der Waals surface area contributed by atoms with E-state index >= 15 is 0 Å². The zero-order valence-electron chi connectivity index (χ0n) is 10.6. The lowest BCUT2D eigenvalue weighted by Gasteiger charge is -2.07. The normalized spacial score (nSPS) is 15.1. The molecule has 0 aliphatic heterocycles.